The van der Waals surface area contributed by atoms with Gasteiger partial charge >= 0.3 is 5.97 Å². The molecule has 2 aromatic rings. The topological polar surface area (TPSA) is 62.5 Å². The number of aromatic carboxylic acids is 1. The van der Waals surface area contributed by atoms with Crippen LogP contribution < -0.4 is 5.32 Å². The number of carboxylic acid groups (broad SMARTS) is 1. The summed E-state index contributed by atoms with van der Waals surface area (Å²) in [6.45, 7) is 2.23. The van der Waals surface area contributed by atoms with Gasteiger partial charge in [0.2, 0.25) is 0 Å². The first-order chi connectivity index (χ1) is 9.56. The molecule has 5 heteroatoms. The zero-order valence-electron chi connectivity index (χ0n) is 11.1. The van der Waals surface area contributed by atoms with Crippen LogP contribution in [0.4, 0.5) is 4.39 Å². The zero-order valence-corrected chi connectivity index (χ0v) is 11.1. The summed E-state index contributed by atoms with van der Waals surface area (Å²) in [5, 5.41) is 12.0. The van der Waals surface area contributed by atoms with E-state index in [4.69, 9.17) is 9.52 Å². The molecule has 0 aliphatic heterocycles. The van der Waals surface area contributed by atoms with E-state index in [9.17, 15) is 9.18 Å². The second kappa shape index (κ2) is 6.34. The Hall–Kier alpha value is -2.14. The van der Waals surface area contributed by atoms with E-state index in [1.807, 2.05) is 19.1 Å². The van der Waals surface area contributed by atoms with Crippen molar-refractivity contribution in [2.24, 2.45) is 0 Å². The summed E-state index contributed by atoms with van der Waals surface area (Å²) in [5.74, 6) is -0.618. The number of benzene rings is 1. The first-order valence-electron chi connectivity index (χ1n) is 6.33. The molecule has 4 nitrogen and oxygen atoms in total. The fourth-order valence-electron chi connectivity index (χ4n) is 1.93. The van der Waals surface area contributed by atoms with Gasteiger partial charge in [-0.2, -0.15) is 0 Å². The second-order valence-electron chi connectivity index (χ2n) is 4.68. The number of carboxylic acids is 1. The predicted molar refractivity (Wildman–Crippen MR) is 72.1 cm³/mol. The van der Waals surface area contributed by atoms with Crippen LogP contribution in [0.2, 0.25) is 0 Å². The predicted octanol–water partition coefficient (Wildman–Crippen LogP) is 2.84. The van der Waals surface area contributed by atoms with Gasteiger partial charge in [0.15, 0.2) is 0 Å². The van der Waals surface area contributed by atoms with Gasteiger partial charge in [0.05, 0.1) is 11.8 Å². The van der Waals surface area contributed by atoms with Crippen LogP contribution >= 0.6 is 0 Å². The summed E-state index contributed by atoms with van der Waals surface area (Å²) in [6.07, 6.45) is 2.30. The Morgan fingerprint density at radius 1 is 1.45 bits per heavy atom. The van der Waals surface area contributed by atoms with Crippen LogP contribution in [-0.4, -0.2) is 17.1 Å². The minimum absolute atomic E-state index is 0.0851. The summed E-state index contributed by atoms with van der Waals surface area (Å²) < 4.78 is 18.8. The van der Waals surface area contributed by atoms with Gasteiger partial charge in [0.25, 0.3) is 0 Å². The van der Waals surface area contributed by atoms with Crippen molar-refractivity contribution in [3.8, 4) is 0 Å². The molecule has 2 N–H and O–H groups in total. The molecule has 106 valence electrons. The lowest BCUT2D eigenvalue weighted by molar-refractivity contribution is 0.0696. The van der Waals surface area contributed by atoms with Gasteiger partial charge in [0, 0.05) is 24.6 Å². The van der Waals surface area contributed by atoms with E-state index >= 15 is 0 Å². The number of rotatable bonds is 6. The molecule has 0 saturated carbocycles. The number of furan rings is 1. The number of nitrogens with one attached hydrogen (secondary N) is 1. The van der Waals surface area contributed by atoms with Gasteiger partial charge in [-0.05, 0) is 37.3 Å². The number of hydrogen-bond donors (Lipinski definition) is 2. The largest absolute Gasteiger partial charge is 0.478 e. The van der Waals surface area contributed by atoms with Crippen LogP contribution in [0.15, 0.2) is 41.0 Å². The van der Waals surface area contributed by atoms with Crippen molar-refractivity contribution in [1.82, 2.24) is 5.32 Å². The molecule has 1 aromatic heterocycles. The SMILES string of the molecule is CC(Cc1ccco1)NCc1cc(C(=O)O)ccc1F. The molecule has 0 aliphatic rings. The van der Waals surface area contributed by atoms with Crippen LogP contribution in [0, 0.1) is 5.82 Å². The Morgan fingerprint density at radius 2 is 2.25 bits per heavy atom. The Balaban J connectivity index is 1.96. The molecule has 1 aromatic carbocycles. The summed E-state index contributed by atoms with van der Waals surface area (Å²) in [5.41, 5.74) is 0.429. The molecule has 0 bridgehead atoms. The molecule has 1 unspecified atom stereocenters. The summed E-state index contributed by atoms with van der Waals surface area (Å²) in [7, 11) is 0. The molecule has 0 spiro atoms. The van der Waals surface area contributed by atoms with Gasteiger partial charge in [-0.3, -0.25) is 0 Å². The van der Waals surface area contributed by atoms with Gasteiger partial charge in [-0.15, -0.1) is 0 Å². The number of hydrogen-bond acceptors (Lipinski definition) is 3. The van der Waals surface area contributed by atoms with Crippen molar-refractivity contribution in [2.45, 2.75) is 25.9 Å². The molecule has 1 atom stereocenters. The molecule has 2 rings (SSSR count). The molecular weight excluding hydrogens is 261 g/mol. The highest BCUT2D eigenvalue weighted by Gasteiger charge is 2.10. The zero-order chi connectivity index (χ0) is 14.5. The van der Waals surface area contributed by atoms with Crippen LogP contribution in [0.5, 0.6) is 0 Å². The van der Waals surface area contributed by atoms with Crippen molar-refractivity contribution in [3.63, 3.8) is 0 Å². The number of halogens is 1. The smallest absolute Gasteiger partial charge is 0.335 e. The van der Waals surface area contributed by atoms with Crippen LogP contribution in [-0.2, 0) is 13.0 Å². The molecule has 0 aliphatic carbocycles. The van der Waals surface area contributed by atoms with E-state index in [-0.39, 0.29) is 18.2 Å². The maximum Gasteiger partial charge on any atom is 0.335 e. The summed E-state index contributed by atoms with van der Waals surface area (Å²) >= 11 is 0. The fourth-order valence-corrected chi connectivity index (χ4v) is 1.93. The van der Waals surface area contributed by atoms with Gasteiger partial charge in [-0.1, -0.05) is 0 Å². The van der Waals surface area contributed by atoms with E-state index in [1.165, 1.54) is 18.2 Å². The van der Waals surface area contributed by atoms with Crippen molar-refractivity contribution in [3.05, 3.63) is 59.3 Å². The lowest BCUT2D eigenvalue weighted by Gasteiger charge is -2.13. The standard InChI is InChI=1S/C15H16FNO3/c1-10(7-13-3-2-6-20-13)17-9-12-8-11(15(18)19)4-5-14(12)16/h2-6,8,10,17H,7,9H2,1H3,(H,18,19). The average molecular weight is 277 g/mol. The van der Waals surface area contributed by atoms with E-state index in [0.717, 1.165) is 5.76 Å². The molecule has 0 amide bonds. The quantitative estimate of drug-likeness (QED) is 0.852. The maximum absolute atomic E-state index is 13.6. The Labute approximate surface area is 116 Å². The number of carbonyl (C=O) groups is 1. The highest BCUT2D eigenvalue weighted by Crippen LogP contribution is 2.11. The van der Waals surface area contributed by atoms with E-state index in [2.05, 4.69) is 5.32 Å². The lowest BCUT2D eigenvalue weighted by Crippen LogP contribution is -2.27. The Kier molecular flexibility index (Phi) is 4.53. The van der Waals surface area contributed by atoms with E-state index < -0.39 is 11.8 Å². The van der Waals surface area contributed by atoms with Gasteiger partial charge in [0.1, 0.15) is 11.6 Å². The lowest BCUT2D eigenvalue weighted by atomic mass is 10.1. The molecule has 20 heavy (non-hydrogen) atoms. The Bertz CT molecular complexity index is 581. The van der Waals surface area contributed by atoms with Crippen LogP contribution in [0.25, 0.3) is 0 Å². The first-order valence-corrected chi connectivity index (χ1v) is 6.33. The third-order valence-corrected chi connectivity index (χ3v) is 3.02. The highest BCUT2D eigenvalue weighted by molar-refractivity contribution is 5.87. The van der Waals surface area contributed by atoms with E-state index in [0.29, 0.717) is 12.0 Å². The normalized spacial score (nSPS) is 12.3. The van der Waals surface area contributed by atoms with Crippen molar-refractivity contribution in [1.29, 1.82) is 0 Å². The van der Waals surface area contributed by atoms with Gasteiger partial charge < -0.3 is 14.8 Å². The van der Waals surface area contributed by atoms with Crippen LogP contribution in [0.1, 0.15) is 28.6 Å². The molecule has 0 radical (unpaired) electrons. The maximum atomic E-state index is 13.6. The van der Waals surface area contributed by atoms with Crippen molar-refractivity contribution >= 4 is 5.97 Å². The van der Waals surface area contributed by atoms with Crippen LogP contribution in [0.3, 0.4) is 0 Å². The highest BCUT2D eigenvalue weighted by atomic mass is 19.1. The average Bonchev–Trinajstić information content (AvgIpc) is 2.90. The van der Waals surface area contributed by atoms with Gasteiger partial charge in [-0.25, -0.2) is 9.18 Å². The van der Waals surface area contributed by atoms with Crippen molar-refractivity contribution < 1.29 is 18.7 Å². The van der Waals surface area contributed by atoms with E-state index in [1.54, 1.807) is 6.26 Å². The third kappa shape index (κ3) is 3.68. The minimum atomic E-state index is -1.06. The summed E-state index contributed by atoms with van der Waals surface area (Å²) in [4.78, 5) is 10.9. The fraction of sp³-hybridized carbons (Fsp3) is 0.267. The molecule has 0 fully saturated rings. The first kappa shape index (κ1) is 14.3. The Morgan fingerprint density at radius 3 is 2.90 bits per heavy atom. The molecule has 0 saturated heterocycles. The minimum Gasteiger partial charge on any atom is -0.478 e. The second-order valence-corrected chi connectivity index (χ2v) is 4.68. The van der Waals surface area contributed by atoms with Crippen molar-refractivity contribution in [2.75, 3.05) is 0 Å². The third-order valence-electron chi connectivity index (χ3n) is 3.02. The monoisotopic (exact) mass is 277 g/mol. The molecule has 1 heterocycles. The summed E-state index contributed by atoms with van der Waals surface area (Å²) in [6, 6.07) is 7.58. The molecular formula is C15H16FNO3.